The monoisotopic (exact) mass is 404 g/mol. The first-order valence-corrected chi connectivity index (χ1v) is 9.27. The van der Waals surface area contributed by atoms with Crippen molar-refractivity contribution in [3.05, 3.63) is 73.8 Å². The standard InChI is InChI=1S/C19H18ClFN4O3/c20-13-4-3-11(8-14(13)21)17-12(9-22-6-7-28-17)10-25-18(26)16-15(24-19(25)27)2-1-5-23-16/h1-5,8,12,17,22H,6-7,9-10H2,(H,24,27). The van der Waals surface area contributed by atoms with E-state index in [2.05, 4.69) is 15.3 Å². The van der Waals surface area contributed by atoms with Crippen molar-refractivity contribution in [2.45, 2.75) is 12.6 Å². The zero-order valence-corrected chi connectivity index (χ0v) is 15.6. The van der Waals surface area contributed by atoms with Crippen LogP contribution in [-0.2, 0) is 11.3 Å². The third-order valence-electron chi connectivity index (χ3n) is 4.84. The predicted molar refractivity (Wildman–Crippen MR) is 103 cm³/mol. The number of pyridine rings is 1. The maximum atomic E-state index is 14.0. The van der Waals surface area contributed by atoms with Crippen molar-refractivity contribution in [1.82, 2.24) is 19.9 Å². The molecule has 2 N–H and O–H groups in total. The van der Waals surface area contributed by atoms with Crippen LogP contribution >= 0.6 is 11.6 Å². The Balaban J connectivity index is 1.74. The van der Waals surface area contributed by atoms with E-state index in [1.807, 2.05) is 0 Å². The van der Waals surface area contributed by atoms with E-state index >= 15 is 0 Å². The fourth-order valence-electron chi connectivity index (χ4n) is 3.49. The molecule has 28 heavy (non-hydrogen) atoms. The fraction of sp³-hybridized carbons (Fsp3) is 0.316. The number of hydrogen-bond acceptors (Lipinski definition) is 5. The lowest BCUT2D eigenvalue weighted by Gasteiger charge is -2.25. The van der Waals surface area contributed by atoms with E-state index < -0.39 is 23.2 Å². The number of aromatic nitrogens is 3. The Morgan fingerprint density at radius 2 is 2.18 bits per heavy atom. The SMILES string of the molecule is O=c1[nH]c2cccnc2c(=O)n1CC1CNCCOC1c1ccc(Cl)c(F)c1. The third-order valence-corrected chi connectivity index (χ3v) is 5.15. The van der Waals surface area contributed by atoms with Gasteiger partial charge in [-0.1, -0.05) is 17.7 Å². The minimum absolute atomic E-state index is 0.0281. The van der Waals surface area contributed by atoms with Gasteiger partial charge in [-0.3, -0.25) is 9.36 Å². The summed E-state index contributed by atoms with van der Waals surface area (Å²) in [5, 5.41) is 3.26. The highest BCUT2D eigenvalue weighted by molar-refractivity contribution is 6.30. The van der Waals surface area contributed by atoms with E-state index in [0.717, 1.165) is 4.57 Å². The number of ether oxygens (including phenoxy) is 1. The van der Waals surface area contributed by atoms with Crippen LogP contribution in [0.25, 0.3) is 11.0 Å². The molecule has 4 rings (SSSR count). The Bertz CT molecular complexity index is 1130. The number of halogens is 2. The first kappa shape index (κ1) is 18.8. The molecule has 1 aromatic carbocycles. The summed E-state index contributed by atoms with van der Waals surface area (Å²) in [4.78, 5) is 32.0. The number of aromatic amines is 1. The van der Waals surface area contributed by atoms with Gasteiger partial charge in [0, 0.05) is 31.7 Å². The number of rotatable bonds is 3. The Kier molecular flexibility index (Phi) is 5.25. The Morgan fingerprint density at radius 3 is 3.00 bits per heavy atom. The van der Waals surface area contributed by atoms with Gasteiger partial charge in [0.15, 0.2) is 5.52 Å². The van der Waals surface area contributed by atoms with Gasteiger partial charge in [0.25, 0.3) is 5.56 Å². The highest BCUT2D eigenvalue weighted by Gasteiger charge is 2.28. The van der Waals surface area contributed by atoms with Crippen molar-refractivity contribution in [3.63, 3.8) is 0 Å². The smallest absolute Gasteiger partial charge is 0.328 e. The average Bonchev–Trinajstić information content (AvgIpc) is 2.93. The average molecular weight is 405 g/mol. The van der Waals surface area contributed by atoms with Gasteiger partial charge >= 0.3 is 5.69 Å². The minimum atomic E-state index is -0.538. The molecule has 2 unspecified atom stereocenters. The molecule has 0 aliphatic carbocycles. The third kappa shape index (κ3) is 3.58. The quantitative estimate of drug-likeness (QED) is 0.695. The zero-order chi connectivity index (χ0) is 19.7. The number of nitrogens with one attached hydrogen (secondary N) is 2. The topological polar surface area (TPSA) is 89.0 Å². The van der Waals surface area contributed by atoms with Crippen molar-refractivity contribution in [2.24, 2.45) is 5.92 Å². The Labute approximate surface area is 164 Å². The number of benzene rings is 1. The number of nitrogens with zero attached hydrogens (tertiary/aromatic N) is 2. The van der Waals surface area contributed by atoms with Crippen LogP contribution in [0.4, 0.5) is 4.39 Å². The summed E-state index contributed by atoms with van der Waals surface area (Å²) in [5.74, 6) is -0.813. The van der Waals surface area contributed by atoms with Gasteiger partial charge in [-0.25, -0.2) is 14.2 Å². The van der Waals surface area contributed by atoms with Crippen molar-refractivity contribution >= 4 is 22.6 Å². The summed E-state index contributed by atoms with van der Waals surface area (Å²) in [6.45, 7) is 1.65. The second-order valence-electron chi connectivity index (χ2n) is 6.67. The van der Waals surface area contributed by atoms with E-state index in [0.29, 0.717) is 30.8 Å². The molecule has 0 saturated carbocycles. The highest BCUT2D eigenvalue weighted by Crippen LogP contribution is 2.30. The van der Waals surface area contributed by atoms with Crippen LogP contribution < -0.4 is 16.6 Å². The van der Waals surface area contributed by atoms with E-state index in [9.17, 15) is 14.0 Å². The van der Waals surface area contributed by atoms with E-state index in [1.54, 1.807) is 18.2 Å². The molecule has 1 fully saturated rings. The van der Waals surface area contributed by atoms with Crippen LogP contribution in [0.15, 0.2) is 46.1 Å². The van der Waals surface area contributed by atoms with Crippen LogP contribution in [0.3, 0.4) is 0 Å². The molecule has 0 bridgehead atoms. The number of hydrogen-bond donors (Lipinski definition) is 2. The van der Waals surface area contributed by atoms with Crippen LogP contribution in [0.1, 0.15) is 11.7 Å². The molecular formula is C19H18ClFN4O3. The van der Waals surface area contributed by atoms with Gasteiger partial charge in [-0.05, 0) is 29.8 Å². The van der Waals surface area contributed by atoms with Crippen molar-refractivity contribution in [2.75, 3.05) is 19.7 Å². The number of H-pyrrole nitrogens is 1. The molecule has 2 atom stereocenters. The molecule has 0 spiro atoms. The molecule has 1 saturated heterocycles. The maximum absolute atomic E-state index is 14.0. The summed E-state index contributed by atoms with van der Waals surface area (Å²) < 4.78 is 21.0. The summed E-state index contributed by atoms with van der Waals surface area (Å²) in [6, 6.07) is 7.79. The van der Waals surface area contributed by atoms with E-state index in [4.69, 9.17) is 16.3 Å². The van der Waals surface area contributed by atoms with Crippen LogP contribution in [0, 0.1) is 11.7 Å². The van der Waals surface area contributed by atoms with Gasteiger partial charge < -0.3 is 15.0 Å². The predicted octanol–water partition coefficient (Wildman–Crippen LogP) is 1.85. The van der Waals surface area contributed by atoms with E-state index in [-0.39, 0.29) is 23.0 Å². The highest BCUT2D eigenvalue weighted by atomic mass is 35.5. The van der Waals surface area contributed by atoms with Crippen LogP contribution in [-0.4, -0.2) is 34.2 Å². The lowest BCUT2D eigenvalue weighted by molar-refractivity contribution is 0.0245. The molecule has 9 heteroatoms. The zero-order valence-electron chi connectivity index (χ0n) is 14.8. The Hall–Kier alpha value is -2.55. The molecule has 0 radical (unpaired) electrons. The largest absolute Gasteiger partial charge is 0.372 e. The Morgan fingerprint density at radius 1 is 1.32 bits per heavy atom. The van der Waals surface area contributed by atoms with Gasteiger partial charge in [0.1, 0.15) is 5.82 Å². The summed E-state index contributed by atoms with van der Waals surface area (Å²) >= 11 is 5.79. The second-order valence-corrected chi connectivity index (χ2v) is 7.08. The van der Waals surface area contributed by atoms with Crippen molar-refractivity contribution in [3.8, 4) is 0 Å². The van der Waals surface area contributed by atoms with Gasteiger partial charge in [-0.2, -0.15) is 0 Å². The molecule has 2 aromatic heterocycles. The molecule has 7 nitrogen and oxygen atoms in total. The van der Waals surface area contributed by atoms with Crippen molar-refractivity contribution in [1.29, 1.82) is 0 Å². The molecule has 1 aliphatic rings. The number of fused-ring (bicyclic) bond motifs is 1. The normalized spacial score (nSPS) is 20.2. The molecule has 3 heterocycles. The first-order chi connectivity index (χ1) is 13.5. The summed E-state index contributed by atoms with van der Waals surface area (Å²) in [6.07, 6.45) is 1.01. The van der Waals surface area contributed by atoms with Crippen LogP contribution in [0.5, 0.6) is 0 Å². The lowest BCUT2D eigenvalue weighted by Crippen LogP contribution is -2.40. The molecule has 1 aliphatic heterocycles. The lowest BCUT2D eigenvalue weighted by atomic mass is 9.95. The first-order valence-electron chi connectivity index (χ1n) is 8.89. The van der Waals surface area contributed by atoms with Crippen molar-refractivity contribution < 1.29 is 9.13 Å². The molecule has 3 aromatic rings. The maximum Gasteiger partial charge on any atom is 0.328 e. The van der Waals surface area contributed by atoms with Gasteiger partial charge in [-0.15, -0.1) is 0 Å². The van der Waals surface area contributed by atoms with Gasteiger partial charge in [0.05, 0.1) is 23.3 Å². The van der Waals surface area contributed by atoms with Gasteiger partial charge in [0.2, 0.25) is 0 Å². The molecule has 0 amide bonds. The molecular weight excluding hydrogens is 387 g/mol. The molecule has 146 valence electrons. The summed E-state index contributed by atoms with van der Waals surface area (Å²) in [7, 11) is 0. The van der Waals surface area contributed by atoms with E-state index in [1.165, 1.54) is 18.3 Å². The van der Waals surface area contributed by atoms with Crippen LogP contribution in [0.2, 0.25) is 5.02 Å². The summed E-state index contributed by atoms with van der Waals surface area (Å²) in [5.41, 5.74) is 0.207. The minimum Gasteiger partial charge on any atom is -0.372 e. The fourth-order valence-corrected chi connectivity index (χ4v) is 3.60. The second kappa shape index (κ2) is 7.83.